The van der Waals surface area contributed by atoms with Crippen LogP contribution in [0, 0.1) is 0 Å². The first-order valence-electron chi connectivity index (χ1n) is 5.54. The lowest BCUT2D eigenvalue weighted by Crippen LogP contribution is -2.30. The van der Waals surface area contributed by atoms with Crippen LogP contribution in [-0.4, -0.2) is 16.9 Å². The number of nitrogens with zero attached hydrogens (tertiary/aromatic N) is 2. The van der Waals surface area contributed by atoms with Crippen LogP contribution in [-0.2, 0) is 7.05 Å². The number of hydrazine groups is 1. The van der Waals surface area contributed by atoms with E-state index in [2.05, 4.69) is 10.5 Å². The Hall–Kier alpha value is -1.27. The van der Waals surface area contributed by atoms with Gasteiger partial charge in [-0.1, -0.05) is 23.2 Å². The normalized spacial score (nSPS) is 12.5. The molecule has 1 aromatic carbocycles. The van der Waals surface area contributed by atoms with E-state index in [1.165, 1.54) is 0 Å². The van der Waals surface area contributed by atoms with Crippen molar-refractivity contribution in [2.24, 2.45) is 12.9 Å². The first-order valence-corrected chi connectivity index (χ1v) is 6.30. The number of benzene rings is 1. The van der Waals surface area contributed by atoms with Crippen LogP contribution >= 0.6 is 23.2 Å². The average Bonchev–Trinajstić information content (AvgIpc) is 2.71. The van der Waals surface area contributed by atoms with Crippen LogP contribution in [0.4, 0.5) is 0 Å². The molecule has 1 unspecified atom stereocenters. The molecule has 0 saturated carbocycles. The maximum Gasteiger partial charge on any atom is 0.161 e. The molecule has 2 rings (SSSR count). The summed E-state index contributed by atoms with van der Waals surface area (Å²) >= 11 is 12.0. The summed E-state index contributed by atoms with van der Waals surface area (Å²) in [6, 6.07) is 4.94. The highest BCUT2D eigenvalue weighted by Gasteiger charge is 2.22. The van der Waals surface area contributed by atoms with Crippen LogP contribution in [0.5, 0.6) is 5.75 Å². The first kappa shape index (κ1) is 14.1. The quantitative estimate of drug-likeness (QED) is 0.672. The minimum absolute atomic E-state index is 0.321. The van der Waals surface area contributed by atoms with Crippen LogP contribution in [0.1, 0.15) is 17.3 Å². The van der Waals surface area contributed by atoms with Gasteiger partial charge in [0.05, 0.1) is 19.3 Å². The molecule has 102 valence electrons. The second-order valence-electron chi connectivity index (χ2n) is 4.02. The van der Waals surface area contributed by atoms with Gasteiger partial charge in [-0.05, 0) is 23.8 Å². The lowest BCUT2D eigenvalue weighted by atomic mass is 10.0. The molecular weight excluding hydrogens is 287 g/mol. The fourth-order valence-corrected chi connectivity index (χ4v) is 2.53. The summed E-state index contributed by atoms with van der Waals surface area (Å²) in [5.74, 6) is 6.30. The van der Waals surface area contributed by atoms with Gasteiger partial charge in [-0.15, -0.1) is 0 Å². The highest BCUT2D eigenvalue weighted by molar-refractivity contribution is 6.34. The Morgan fingerprint density at radius 2 is 1.95 bits per heavy atom. The summed E-state index contributed by atoms with van der Waals surface area (Å²) in [4.78, 5) is 0. The van der Waals surface area contributed by atoms with Crippen LogP contribution in [0.25, 0.3) is 0 Å². The summed E-state index contributed by atoms with van der Waals surface area (Å²) in [6.07, 6.45) is 1.63. The molecule has 0 aliphatic rings. The van der Waals surface area contributed by atoms with Gasteiger partial charge in [-0.3, -0.25) is 10.5 Å². The Balaban J connectivity index is 2.52. The van der Waals surface area contributed by atoms with Crippen molar-refractivity contribution < 1.29 is 4.74 Å². The molecular formula is C12H14Cl2N4O. The highest BCUT2D eigenvalue weighted by Crippen LogP contribution is 2.31. The second kappa shape index (κ2) is 5.79. The minimum Gasteiger partial charge on any atom is -0.493 e. The number of hydrogen-bond donors (Lipinski definition) is 2. The molecule has 0 saturated heterocycles. The number of nitrogens with one attached hydrogen (secondary N) is 1. The van der Waals surface area contributed by atoms with Gasteiger partial charge in [0.2, 0.25) is 0 Å². The van der Waals surface area contributed by atoms with Gasteiger partial charge in [-0.2, -0.15) is 5.10 Å². The smallest absolute Gasteiger partial charge is 0.161 e. The number of methoxy groups -OCH3 is 1. The van der Waals surface area contributed by atoms with E-state index in [0.29, 0.717) is 15.8 Å². The summed E-state index contributed by atoms with van der Waals surface area (Å²) in [5.41, 5.74) is 4.36. The molecule has 0 amide bonds. The summed E-state index contributed by atoms with van der Waals surface area (Å²) in [5, 5.41) is 5.25. The number of hydrogen-bond acceptors (Lipinski definition) is 4. The monoisotopic (exact) mass is 300 g/mol. The van der Waals surface area contributed by atoms with E-state index in [4.69, 9.17) is 33.8 Å². The molecule has 3 N–H and O–H groups in total. The van der Waals surface area contributed by atoms with Crippen LogP contribution in [0.3, 0.4) is 0 Å². The maximum atomic E-state index is 6.02. The average molecular weight is 301 g/mol. The van der Waals surface area contributed by atoms with Crippen molar-refractivity contribution in [1.82, 2.24) is 15.2 Å². The summed E-state index contributed by atoms with van der Waals surface area (Å²) in [6.45, 7) is 0. The number of ether oxygens (including phenoxy) is 1. The van der Waals surface area contributed by atoms with E-state index in [1.54, 1.807) is 36.2 Å². The van der Waals surface area contributed by atoms with Gasteiger partial charge in [0.15, 0.2) is 5.75 Å². The molecule has 7 heteroatoms. The molecule has 5 nitrogen and oxygen atoms in total. The van der Waals surface area contributed by atoms with Crippen LogP contribution in [0.2, 0.25) is 10.0 Å². The molecule has 2 aromatic rings. The van der Waals surface area contributed by atoms with Crippen molar-refractivity contribution in [2.75, 3.05) is 7.11 Å². The molecule has 0 radical (unpaired) electrons. The molecule has 0 aliphatic heterocycles. The number of halogens is 2. The molecule has 0 bridgehead atoms. The zero-order chi connectivity index (χ0) is 14.0. The summed E-state index contributed by atoms with van der Waals surface area (Å²) < 4.78 is 6.98. The molecule has 0 aliphatic carbocycles. The Kier molecular flexibility index (Phi) is 4.31. The SMILES string of the molecule is COc1cnn(C)c1C(NN)c1cc(Cl)cc(Cl)c1. The number of aromatic nitrogens is 2. The summed E-state index contributed by atoms with van der Waals surface area (Å²) in [7, 11) is 3.40. The molecule has 19 heavy (non-hydrogen) atoms. The van der Waals surface area contributed by atoms with Gasteiger partial charge in [0.25, 0.3) is 0 Å². The number of rotatable bonds is 4. The molecule has 1 aromatic heterocycles. The van der Waals surface area contributed by atoms with Gasteiger partial charge in [0.1, 0.15) is 5.69 Å². The zero-order valence-corrected chi connectivity index (χ0v) is 12.0. The maximum absolute atomic E-state index is 6.02. The molecule has 0 spiro atoms. The van der Waals surface area contributed by atoms with Crippen molar-refractivity contribution in [3.8, 4) is 5.75 Å². The molecule has 1 heterocycles. The third kappa shape index (κ3) is 2.84. The highest BCUT2D eigenvalue weighted by atomic mass is 35.5. The van der Waals surface area contributed by atoms with Crippen molar-refractivity contribution in [2.45, 2.75) is 6.04 Å². The van der Waals surface area contributed by atoms with E-state index < -0.39 is 0 Å². The lowest BCUT2D eigenvalue weighted by Gasteiger charge is -2.18. The Morgan fingerprint density at radius 1 is 1.32 bits per heavy atom. The van der Waals surface area contributed by atoms with Gasteiger partial charge < -0.3 is 4.74 Å². The van der Waals surface area contributed by atoms with Crippen LogP contribution in [0.15, 0.2) is 24.4 Å². The third-order valence-corrected chi connectivity index (χ3v) is 3.26. The van der Waals surface area contributed by atoms with Crippen molar-refractivity contribution in [3.63, 3.8) is 0 Å². The topological polar surface area (TPSA) is 65.1 Å². The predicted molar refractivity (Wildman–Crippen MR) is 75.4 cm³/mol. The standard InChI is InChI=1S/C12H14Cl2N4O/c1-18-12(10(19-2)6-16-18)11(17-15)7-3-8(13)5-9(14)4-7/h3-6,11,17H,15H2,1-2H3. The fourth-order valence-electron chi connectivity index (χ4n) is 1.99. The van der Waals surface area contributed by atoms with E-state index >= 15 is 0 Å². The lowest BCUT2D eigenvalue weighted by molar-refractivity contribution is 0.401. The number of aryl methyl sites for hydroxylation is 1. The van der Waals surface area contributed by atoms with Crippen LogP contribution < -0.4 is 16.0 Å². The third-order valence-electron chi connectivity index (χ3n) is 2.83. The predicted octanol–water partition coefficient (Wildman–Crippen LogP) is 2.29. The fraction of sp³-hybridized carbons (Fsp3) is 0.250. The number of nitrogens with two attached hydrogens (primary N) is 1. The van der Waals surface area contributed by atoms with E-state index in [-0.39, 0.29) is 6.04 Å². The van der Waals surface area contributed by atoms with E-state index in [1.807, 2.05) is 7.05 Å². The van der Waals surface area contributed by atoms with Crippen molar-refractivity contribution >= 4 is 23.2 Å². The van der Waals surface area contributed by atoms with Gasteiger partial charge >= 0.3 is 0 Å². The zero-order valence-electron chi connectivity index (χ0n) is 10.5. The molecule has 0 fully saturated rings. The largest absolute Gasteiger partial charge is 0.493 e. The van der Waals surface area contributed by atoms with Gasteiger partial charge in [-0.25, -0.2) is 5.43 Å². The van der Waals surface area contributed by atoms with Crippen molar-refractivity contribution in [3.05, 3.63) is 45.7 Å². The molecule has 1 atom stereocenters. The van der Waals surface area contributed by atoms with Crippen molar-refractivity contribution in [1.29, 1.82) is 0 Å². The first-order chi connectivity index (χ1) is 9.06. The Morgan fingerprint density at radius 3 is 2.47 bits per heavy atom. The minimum atomic E-state index is -0.321. The van der Waals surface area contributed by atoms with E-state index in [0.717, 1.165) is 11.3 Å². The second-order valence-corrected chi connectivity index (χ2v) is 4.90. The Labute approximate surface area is 121 Å². The Bertz CT molecular complexity index is 565. The van der Waals surface area contributed by atoms with Gasteiger partial charge in [0, 0.05) is 17.1 Å². The van der Waals surface area contributed by atoms with E-state index in [9.17, 15) is 0 Å².